The largest absolute Gasteiger partial charge is 0.330 e. The molecule has 0 amide bonds. The summed E-state index contributed by atoms with van der Waals surface area (Å²) in [7, 11) is 0. The van der Waals surface area contributed by atoms with Crippen molar-refractivity contribution in [2.45, 2.75) is 32.2 Å². The highest BCUT2D eigenvalue weighted by Gasteiger charge is 2.29. The molecule has 1 saturated heterocycles. The molecule has 1 aromatic heterocycles. The van der Waals surface area contributed by atoms with Gasteiger partial charge in [-0.3, -0.25) is 9.88 Å². The van der Waals surface area contributed by atoms with Crippen LogP contribution in [-0.2, 0) is 0 Å². The van der Waals surface area contributed by atoms with Crippen LogP contribution in [-0.4, -0.2) is 29.5 Å². The van der Waals surface area contributed by atoms with Crippen LogP contribution in [0, 0.1) is 5.92 Å². The highest BCUT2D eigenvalue weighted by molar-refractivity contribution is 5.79. The van der Waals surface area contributed by atoms with E-state index < -0.39 is 0 Å². The van der Waals surface area contributed by atoms with Crippen molar-refractivity contribution in [2.75, 3.05) is 19.6 Å². The standard InChI is InChI=1S/C18H25N3/c1-2-21-11-4-3-6-16(13-19)18(21)15-8-9-17-14(12-15)7-5-10-20-17/h5,7-10,12,16,18H,2-4,6,11,13,19H2,1H3. The summed E-state index contributed by atoms with van der Waals surface area (Å²) in [6.45, 7) is 5.30. The summed E-state index contributed by atoms with van der Waals surface area (Å²) < 4.78 is 0. The van der Waals surface area contributed by atoms with Gasteiger partial charge in [-0.15, -0.1) is 0 Å². The Labute approximate surface area is 127 Å². The molecule has 3 heteroatoms. The van der Waals surface area contributed by atoms with E-state index >= 15 is 0 Å². The molecule has 0 aliphatic carbocycles. The van der Waals surface area contributed by atoms with Crippen molar-refractivity contribution in [3.63, 3.8) is 0 Å². The van der Waals surface area contributed by atoms with E-state index in [1.807, 2.05) is 12.3 Å². The lowest BCUT2D eigenvalue weighted by molar-refractivity contribution is 0.166. The molecule has 112 valence electrons. The average Bonchev–Trinajstić information content (AvgIpc) is 2.76. The number of nitrogens with zero attached hydrogens (tertiary/aromatic N) is 2. The molecule has 2 unspecified atom stereocenters. The maximum atomic E-state index is 6.09. The van der Waals surface area contributed by atoms with Crippen molar-refractivity contribution in [3.05, 3.63) is 42.1 Å². The fourth-order valence-electron chi connectivity index (χ4n) is 3.68. The number of hydrogen-bond acceptors (Lipinski definition) is 3. The Hall–Kier alpha value is -1.45. The maximum absolute atomic E-state index is 6.09. The van der Waals surface area contributed by atoms with Crippen LogP contribution in [0.2, 0.25) is 0 Å². The summed E-state index contributed by atoms with van der Waals surface area (Å²) in [4.78, 5) is 7.03. The minimum atomic E-state index is 0.451. The Kier molecular flexibility index (Phi) is 4.51. The molecule has 0 saturated carbocycles. The summed E-state index contributed by atoms with van der Waals surface area (Å²) >= 11 is 0. The van der Waals surface area contributed by atoms with Crippen molar-refractivity contribution < 1.29 is 0 Å². The van der Waals surface area contributed by atoms with Crippen LogP contribution in [0.3, 0.4) is 0 Å². The first-order chi connectivity index (χ1) is 10.3. The molecule has 2 heterocycles. The van der Waals surface area contributed by atoms with E-state index in [1.165, 1.54) is 36.8 Å². The minimum Gasteiger partial charge on any atom is -0.330 e. The van der Waals surface area contributed by atoms with E-state index in [0.29, 0.717) is 12.0 Å². The first kappa shape index (κ1) is 14.5. The Morgan fingerprint density at radius 1 is 1.29 bits per heavy atom. The third kappa shape index (κ3) is 2.94. The Bertz CT molecular complexity index is 582. The predicted molar refractivity (Wildman–Crippen MR) is 88.1 cm³/mol. The Balaban J connectivity index is 2.02. The van der Waals surface area contributed by atoms with Gasteiger partial charge in [0, 0.05) is 17.6 Å². The zero-order valence-corrected chi connectivity index (χ0v) is 12.8. The van der Waals surface area contributed by atoms with Gasteiger partial charge in [0.05, 0.1) is 5.52 Å². The van der Waals surface area contributed by atoms with Gasteiger partial charge < -0.3 is 5.73 Å². The molecule has 2 N–H and O–H groups in total. The smallest absolute Gasteiger partial charge is 0.0702 e. The number of pyridine rings is 1. The number of likely N-dealkylation sites (tertiary alicyclic amines) is 1. The van der Waals surface area contributed by atoms with E-state index in [4.69, 9.17) is 5.73 Å². The number of benzene rings is 1. The van der Waals surface area contributed by atoms with Crippen LogP contribution in [0.1, 0.15) is 37.8 Å². The second kappa shape index (κ2) is 6.54. The Morgan fingerprint density at radius 2 is 2.19 bits per heavy atom. The number of rotatable bonds is 3. The SMILES string of the molecule is CCN1CCCCC(CN)C1c1ccc2ncccc2c1. The molecule has 1 aliphatic rings. The zero-order chi connectivity index (χ0) is 14.7. The van der Waals surface area contributed by atoms with E-state index in [0.717, 1.165) is 18.6 Å². The molecule has 2 aromatic rings. The number of aromatic nitrogens is 1. The second-order valence-corrected chi connectivity index (χ2v) is 6.02. The molecule has 3 rings (SSSR count). The average molecular weight is 283 g/mol. The van der Waals surface area contributed by atoms with Gasteiger partial charge in [0.15, 0.2) is 0 Å². The zero-order valence-electron chi connectivity index (χ0n) is 12.8. The van der Waals surface area contributed by atoms with Crippen molar-refractivity contribution in [3.8, 4) is 0 Å². The summed E-state index contributed by atoms with van der Waals surface area (Å²) in [5.74, 6) is 0.557. The Morgan fingerprint density at radius 3 is 3.00 bits per heavy atom. The molecule has 1 aliphatic heterocycles. The topological polar surface area (TPSA) is 42.1 Å². The van der Waals surface area contributed by atoms with E-state index in [9.17, 15) is 0 Å². The second-order valence-electron chi connectivity index (χ2n) is 6.02. The molecule has 21 heavy (non-hydrogen) atoms. The van der Waals surface area contributed by atoms with Crippen molar-refractivity contribution in [1.82, 2.24) is 9.88 Å². The van der Waals surface area contributed by atoms with Gasteiger partial charge in [0.1, 0.15) is 0 Å². The number of fused-ring (bicyclic) bond motifs is 1. The molecule has 0 spiro atoms. The van der Waals surface area contributed by atoms with Gasteiger partial charge in [-0.1, -0.05) is 25.5 Å². The molecule has 3 nitrogen and oxygen atoms in total. The van der Waals surface area contributed by atoms with Gasteiger partial charge in [0.25, 0.3) is 0 Å². The lowest BCUT2D eigenvalue weighted by Crippen LogP contribution is -2.35. The molecular weight excluding hydrogens is 258 g/mol. The van der Waals surface area contributed by atoms with Gasteiger partial charge in [0.2, 0.25) is 0 Å². The van der Waals surface area contributed by atoms with Crippen LogP contribution in [0.15, 0.2) is 36.5 Å². The summed E-state index contributed by atoms with van der Waals surface area (Å²) in [5.41, 5.74) is 8.56. The lowest BCUT2D eigenvalue weighted by Gasteiger charge is -2.34. The van der Waals surface area contributed by atoms with E-state index in [1.54, 1.807) is 0 Å². The fraction of sp³-hybridized carbons (Fsp3) is 0.500. The first-order valence-corrected chi connectivity index (χ1v) is 8.12. The summed E-state index contributed by atoms with van der Waals surface area (Å²) in [6, 6.07) is 11.3. The van der Waals surface area contributed by atoms with Gasteiger partial charge >= 0.3 is 0 Å². The predicted octanol–water partition coefficient (Wildman–Crippen LogP) is 3.36. The molecule has 0 bridgehead atoms. The lowest BCUT2D eigenvalue weighted by atomic mass is 9.88. The van der Waals surface area contributed by atoms with Crippen LogP contribution in [0.25, 0.3) is 10.9 Å². The van der Waals surface area contributed by atoms with Crippen LogP contribution < -0.4 is 5.73 Å². The molecule has 1 fully saturated rings. The molecule has 1 aromatic carbocycles. The maximum Gasteiger partial charge on any atom is 0.0702 e. The fourth-order valence-corrected chi connectivity index (χ4v) is 3.68. The third-order valence-electron chi connectivity index (χ3n) is 4.79. The monoisotopic (exact) mass is 283 g/mol. The van der Waals surface area contributed by atoms with Gasteiger partial charge in [-0.05, 0) is 62.2 Å². The number of nitrogens with two attached hydrogens (primary N) is 1. The van der Waals surface area contributed by atoms with Crippen molar-refractivity contribution in [2.24, 2.45) is 11.7 Å². The van der Waals surface area contributed by atoms with E-state index in [-0.39, 0.29) is 0 Å². The highest BCUT2D eigenvalue weighted by atomic mass is 15.2. The van der Waals surface area contributed by atoms with Gasteiger partial charge in [-0.25, -0.2) is 0 Å². The van der Waals surface area contributed by atoms with Gasteiger partial charge in [-0.2, -0.15) is 0 Å². The summed E-state index contributed by atoms with van der Waals surface area (Å²) in [5, 5.41) is 1.23. The van der Waals surface area contributed by atoms with E-state index in [2.05, 4.69) is 41.1 Å². The van der Waals surface area contributed by atoms with Crippen molar-refractivity contribution >= 4 is 10.9 Å². The van der Waals surface area contributed by atoms with Crippen LogP contribution >= 0.6 is 0 Å². The highest BCUT2D eigenvalue weighted by Crippen LogP contribution is 2.35. The molecular formula is C18H25N3. The molecule has 0 radical (unpaired) electrons. The van der Waals surface area contributed by atoms with Crippen LogP contribution in [0.5, 0.6) is 0 Å². The summed E-state index contributed by atoms with van der Waals surface area (Å²) in [6.07, 6.45) is 5.68. The van der Waals surface area contributed by atoms with Crippen LogP contribution in [0.4, 0.5) is 0 Å². The quantitative estimate of drug-likeness (QED) is 0.939. The first-order valence-electron chi connectivity index (χ1n) is 8.12. The minimum absolute atomic E-state index is 0.451. The third-order valence-corrected chi connectivity index (χ3v) is 4.79. The number of hydrogen-bond donors (Lipinski definition) is 1. The van der Waals surface area contributed by atoms with Crippen molar-refractivity contribution in [1.29, 1.82) is 0 Å². The normalized spacial score (nSPS) is 24.1. The molecule has 2 atom stereocenters.